The van der Waals surface area contributed by atoms with Gasteiger partial charge in [-0.15, -0.1) is 0 Å². The molecule has 2 heteroatoms. The van der Waals surface area contributed by atoms with E-state index in [0.29, 0.717) is 11.3 Å². The van der Waals surface area contributed by atoms with Gasteiger partial charge in [0.15, 0.2) is 0 Å². The highest BCUT2D eigenvalue weighted by Gasteiger charge is 2.38. The van der Waals surface area contributed by atoms with Crippen LogP contribution in [-0.2, 0) is 9.53 Å². The quantitative estimate of drug-likeness (QED) is 0.532. The topological polar surface area (TPSA) is 26.3 Å². The standard InChI is InChI=1S/C15H26O2/c1-5-12-9-13(17-14(16)6-2)11-15(7-3,8-4)10-12/h6,12-13H,2,5,7-11H2,1,3-4H3. The number of hydrogen-bond donors (Lipinski definition) is 0. The molecule has 0 aliphatic heterocycles. The summed E-state index contributed by atoms with van der Waals surface area (Å²) in [7, 11) is 0. The molecule has 1 saturated carbocycles. The highest BCUT2D eigenvalue weighted by Crippen LogP contribution is 2.46. The summed E-state index contributed by atoms with van der Waals surface area (Å²) in [4.78, 5) is 11.3. The van der Waals surface area contributed by atoms with Crippen LogP contribution < -0.4 is 0 Å². The molecule has 0 bridgehead atoms. The van der Waals surface area contributed by atoms with Crippen molar-refractivity contribution in [2.45, 2.75) is 65.4 Å². The van der Waals surface area contributed by atoms with Gasteiger partial charge in [0.05, 0.1) is 0 Å². The van der Waals surface area contributed by atoms with Crippen LogP contribution in [0, 0.1) is 11.3 Å². The summed E-state index contributed by atoms with van der Waals surface area (Å²) in [5.41, 5.74) is 0.380. The SMILES string of the molecule is C=CC(=O)OC1CC(CC)CC(CC)(CC)C1. The first kappa shape index (κ1) is 14.3. The zero-order chi connectivity index (χ0) is 12.9. The van der Waals surface area contributed by atoms with E-state index in [1.165, 1.54) is 31.8 Å². The molecule has 0 heterocycles. The van der Waals surface area contributed by atoms with Gasteiger partial charge in [-0.25, -0.2) is 4.79 Å². The molecule has 2 atom stereocenters. The molecule has 1 aliphatic rings. The molecule has 0 amide bonds. The number of carbonyl (C=O) groups is 1. The number of hydrogen-bond acceptors (Lipinski definition) is 2. The first-order chi connectivity index (χ1) is 8.09. The molecule has 0 saturated heterocycles. The predicted molar refractivity (Wildman–Crippen MR) is 70.7 cm³/mol. The molecule has 98 valence electrons. The van der Waals surface area contributed by atoms with Crippen molar-refractivity contribution >= 4 is 5.97 Å². The summed E-state index contributed by atoms with van der Waals surface area (Å²) >= 11 is 0. The lowest BCUT2D eigenvalue weighted by Gasteiger charge is -2.43. The molecule has 2 nitrogen and oxygen atoms in total. The molecule has 17 heavy (non-hydrogen) atoms. The Hall–Kier alpha value is -0.790. The maximum absolute atomic E-state index is 11.3. The van der Waals surface area contributed by atoms with Gasteiger partial charge in [0.1, 0.15) is 6.10 Å². The van der Waals surface area contributed by atoms with Crippen molar-refractivity contribution in [3.63, 3.8) is 0 Å². The monoisotopic (exact) mass is 238 g/mol. The van der Waals surface area contributed by atoms with E-state index in [1.807, 2.05) is 0 Å². The van der Waals surface area contributed by atoms with Gasteiger partial charge < -0.3 is 4.74 Å². The molecule has 2 unspecified atom stereocenters. The molecule has 1 aliphatic carbocycles. The molecule has 0 radical (unpaired) electrons. The van der Waals surface area contributed by atoms with Crippen LogP contribution in [0.25, 0.3) is 0 Å². The molecular formula is C15H26O2. The van der Waals surface area contributed by atoms with Crippen LogP contribution in [-0.4, -0.2) is 12.1 Å². The van der Waals surface area contributed by atoms with E-state index in [0.717, 1.165) is 12.8 Å². The maximum Gasteiger partial charge on any atom is 0.330 e. The normalized spacial score (nSPS) is 27.5. The van der Waals surface area contributed by atoms with Crippen molar-refractivity contribution in [2.75, 3.05) is 0 Å². The number of ether oxygens (including phenoxy) is 1. The maximum atomic E-state index is 11.3. The summed E-state index contributed by atoms with van der Waals surface area (Å²) in [6.07, 6.45) is 8.26. The van der Waals surface area contributed by atoms with Gasteiger partial charge in [0.2, 0.25) is 0 Å². The molecule has 1 fully saturated rings. The third kappa shape index (κ3) is 3.58. The fourth-order valence-electron chi connectivity index (χ4n) is 3.16. The summed E-state index contributed by atoms with van der Waals surface area (Å²) < 4.78 is 5.47. The number of esters is 1. The fourth-order valence-corrected chi connectivity index (χ4v) is 3.16. The Bertz CT molecular complexity index is 266. The Morgan fingerprint density at radius 3 is 2.47 bits per heavy atom. The Morgan fingerprint density at radius 2 is 2.00 bits per heavy atom. The van der Waals surface area contributed by atoms with Crippen molar-refractivity contribution in [3.8, 4) is 0 Å². The average Bonchev–Trinajstić information content (AvgIpc) is 2.37. The van der Waals surface area contributed by atoms with Gasteiger partial charge in [0.25, 0.3) is 0 Å². The molecule has 1 rings (SSSR count). The average molecular weight is 238 g/mol. The lowest BCUT2D eigenvalue weighted by atomic mass is 9.65. The van der Waals surface area contributed by atoms with Crippen LogP contribution in [0.4, 0.5) is 0 Å². The van der Waals surface area contributed by atoms with E-state index in [4.69, 9.17) is 4.74 Å². The minimum atomic E-state index is -0.271. The van der Waals surface area contributed by atoms with Crippen molar-refractivity contribution in [3.05, 3.63) is 12.7 Å². The summed E-state index contributed by atoms with van der Waals surface area (Å²) in [6.45, 7) is 10.2. The van der Waals surface area contributed by atoms with Crippen LogP contribution in [0.2, 0.25) is 0 Å². The molecule has 0 aromatic rings. The Labute approximate surface area is 105 Å². The van der Waals surface area contributed by atoms with E-state index in [2.05, 4.69) is 27.4 Å². The zero-order valence-corrected chi connectivity index (χ0v) is 11.5. The Morgan fingerprint density at radius 1 is 1.35 bits per heavy atom. The minimum Gasteiger partial charge on any atom is -0.459 e. The van der Waals surface area contributed by atoms with Crippen LogP contribution in [0.1, 0.15) is 59.3 Å². The van der Waals surface area contributed by atoms with Crippen molar-refractivity contribution in [1.29, 1.82) is 0 Å². The highest BCUT2D eigenvalue weighted by atomic mass is 16.5. The van der Waals surface area contributed by atoms with Crippen LogP contribution in [0.3, 0.4) is 0 Å². The van der Waals surface area contributed by atoms with E-state index in [9.17, 15) is 4.79 Å². The second-order valence-electron chi connectivity index (χ2n) is 5.39. The lowest BCUT2D eigenvalue weighted by Crippen LogP contribution is -2.37. The van der Waals surface area contributed by atoms with E-state index in [1.54, 1.807) is 0 Å². The minimum absolute atomic E-state index is 0.0964. The number of carbonyl (C=O) groups excluding carboxylic acids is 1. The molecule has 0 spiro atoms. The van der Waals surface area contributed by atoms with Crippen molar-refractivity contribution < 1.29 is 9.53 Å². The zero-order valence-electron chi connectivity index (χ0n) is 11.5. The van der Waals surface area contributed by atoms with Crippen molar-refractivity contribution in [1.82, 2.24) is 0 Å². The summed E-state index contributed by atoms with van der Waals surface area (Å²) in [5, 5.41) is 0. The van der Waals surface area contributed by atoms with Gasteiger partial charge in [-0.1, -0.05) is 46.6 Å². The first-order valence-electron chi connectivity index (χ1n) is 6.92. The van der Waals surface area contributed by atoms with Crippen LogP contribution in [0.5, 0.6) is 0 Å². The van der Waals surface area contributed by atoms with Crippen LogP contribution >= 0.6 is 0 Å². The van der Waals surface area contributed by atoms with Gasteiger partial charge in [-0.3, -0.25) is 0 Å². The van der Waals surface area contributed by atoms with Crippen LogP contribution in [0.15, 0.2) is 12.7 Å². The molecular weight excluding hydrogens is 212 g/mol. The summed E-state index contributed by atoms with van der Waals surface area (Å²) in [6, 6.07) is 0. The Kier molecular flexibility index (Phi) is 5.23. The van der Waals surface area contributed by atoms with Gasteiger partial charge in [0, 0.05) is 6.08 Å². The van der Waals surface area contributed by atoms with Gasteiger partial charge in [-0.05, 0) is 30.6 Å². The van der Waals surface area contributed by atoms with Gasteiger partial charge >= 0.3 is 5.97 Å². The number of rotatable bonds is 5. The Balaban J connectivity index is 2.72. The third-order valence-electron chi connectivity index (χ3n) is 4.51. The van der Waals surface area contributed by atoms with E-state index < -0.39 is 0 Å². The second-order valence-corrected chi connectivity index (χ2v) is 5.39. The van der Waals surface area contributed by atoms with E-state index >= 15 is 0 Å². The summed E-state index contributed by atoms with van der Waals surface area (Å²) in [5.74, 6) is 0.430. The lowest BCUT2D eigenvalue weighted by molar-refractivity contribution is -0.148. The largest absolute Gasteiger partial charge is 0.459 e. The third-order valence-corrected chi connectivity index (χ3v) is 4.51. The van der Waals surface area contributed by atoms with Gasteiger partial charge in [-0.2, -0.15) is 0 Å². The van der Waals surface area contributed by atoms with Crippen molar-refractivity contribution in [2.24, 2.45) is 11.3 Å². The highest BCUT2D eigenvalue weighted by molar-refractivity contribution is 5.81. The molecule has 0 N–H and O–H groups in total. The second kappa shape index (κ2) is 6.23. The smallest absolute Gasteiger partial charge is 0.330 e. The predicted octanol–water partition coefficient (Wildman–Crippen LogP) is 4.10. The fraction of sp³-hybridized carbons (Fsp3) is 0.800. The van der Waals surface area contributed by atoms with E-state index in [-0.39, 0.29) is 12.1 Å². The molecule has 0 aromatic heterocycles. The molecule has 0 aromatic carbocycles. The first-order valence-corrected chi connectivity index (χ1v) is 6.92.